The normalized spacial score (nSPS) is 13.4. The Balaban J connectivity index is 1.33. The van der Waals surface area contributed by atoms with Crippen LogP contribution in [0.3, 0.4) is 0 Å². The molecule has 4 heteroatoms. The van der Waals surface area contributed by atoms with E-state index in [4.69, 9.17) is 15.0 Å². The van der Waals surface area contributed by atoms with Crippen LogP contribution in [0.1, 0.15) is 25.0 Å². The van der Waals surface area contributed by atoms with Crippen molar-refractivity contribution < 1.29 is 0 Å². The Morgan fingerprint density at radius 2 is 1.19 bits per heavy atom. The molecule has 0 fully saturated rings. The maximum absolute atomic E-state index is 5.43. The van der Waals surface area contributed by atoms with E-state index in [1.165, 1.54) is 49.5 Å². The van der Waals surface area contributed by atoms with Crippen molar-refractivity contribution in [2.75, 3.05) is 0 Å². The molecule has 3 heterocycles. The van der Waals surface area contributed by atoms with Crippen molar-refractivity contribution in [2.45, 2.75) is 19.3 Å². The minimum Gasteiger partial charge on any atom is -0.261 e. The van der Waals surface area contributed by atoms with Gasteiger partial charge < -0.3 is 0 Å². The molecule has 48 heavy (non-hydrogen) atoms. The largest absolute Gasteiger partial charge is 0.261 e. The summed E-state index contributed by atoms with van der Waals surface area (Å²) in [6.45, 7) is 4.70. The van der Waals surface area contributed by atoms with E-state index in [-0.39, 0.29) is 5.41 Å². The van der Waals surface area contributed by atoms with Crippen molar-refractivity contribution in [3.63, 3.8) is 0 Å². The van der Waals surface area contributed by atoms with Crippen molar-refractivity contribution >= 4 is 43.6 Å². The summed E-state index contributed by atoms with van der Waals surface area (Å²) in [6, 6.07) is 49.5. The molecule has 226 valence electrons. The molecule has 0 radical (unpaired) electrons. The first-order chi connectivity index (χ1) is 23.6. The molecule has 0 N–H and O–H groups in total. The molecule has 0 amide bonds. The molecular formula is C44H30N4. The van der Waals surface area contributed by atoms with Crippen molar-refractivity contribution in [3.05, 3.63) is 157 Å². The van der Waals surface area contributed by atoms with Gasteiger partial charge in [0.25, 0.3) is 0 Å². The number of para-hydroxylation sites is 1. The Morgan fingerprint density at radius 3 is 2.02 bits per heavy atom. The molecule has 3 aromatic heterocycles. The monoisotopic (exact) mass is 614 g/mol. The second kappa shape index (κ2) is 9.93. The molecule has 6 aromatic carbocycles. The number of pyridine rings is 1. The second-order valence-corrected chi connectivity index (χ2v) is 13.2. The van der Waals surface area contributed by atoms with Crippen LogP contribution in [0.15, 0.2) is 146 Å². The lowest BCUT2D eigenvalue weighted by atomic mass is 9.80. The van der Waals surface area contributed by atoms with Crippen LogP contribution in [0, 0.1) is 0 Å². The van der Waals surface area contributed by atoms with Crippen LogP contribution < -0.4 is 0 Å². The highest BCUT2D eigenvalue weighted by atomic mass is 15.2. The number of fused-ring (bicyclic) bond motifs is 11. The van der Waals surface area contributed by atoms with E-state index in [2.05, 4.69) is 146 Å². The molecule has 9 aromatic rings. The predicted molar refractivity (Wildman–Crippen MR) is 198 cm³/mol. The third kappa shape index (κ3) is 3.68. The Hall–Kier alpha value is -6.13. The Kier molecular flexibility index (Phi) is 5.59. The summed E-state index contributed by atoms with van der Waals surface area (Å²) in [7, 11) is 0. The van der Waals surface area contributed by atoms with Gasteiger partial charge in [0.1, 0.15) is 5.65 Å². The SMILES string of the molecule is CC1(C)c2ccccc2-c2c1c1c(c3ccccc23)c2cccnc2n1-c1nc(-c2ccc(-c3ccccc3)cc2)c2ccccc2n1. The minimum atomic E-state index is -0.257. The van der Waals surface area contributed by atoms with Gasteiger partial charge in [-0.15, -0.1) is 0 Å². The van der Waals surface area contributed by atoms with Gasteiger partial charge in [-0.3, -0.25) is 4.57 Å². The van der Waals surface area contributed by atoms with Crippen LogP contribution in [0.4, 0.5) is 0 Å². The summed E-state index contributed by atoms with van der Waals surface area (Å²) < 4.78 is 2.23. The van der Waals surface area contributed by atoms with Crippen molar-refractivity contribution in [3.8, 4) is 39.5 Å². The topological polar surface area (TPSA) is 43.6 Å². The Bertz CT molecular complexity index is 2740. The Labute approximate surface area is 278 Å². The first kappa shape index (κ1) is 27.0. The number of nitrogens with zero attached hydrogens (tertiary/aromatic N) is 4. The van der Waals surface area contributed by atoms with Gasteiger partial charge in [0.2, 0.25) is 5.95 Å². The van der Waals surface area contributed by atoms with Crippen LogP contribution in [-0.2, 0) is 5.41 Å². The molecular weight excluding hydrogens is 585 g/mol. The van der Waals surface area contributed by atoms with E-state index in [1.807, 2.05) is 18.3 Å². The minimum absolute atomic E-state index is 0.257. The number of hydrogen-bond donors (Lipinski definition) is 0. The maximum atomic E-state index is 5.43. The Morgan fingerprint density at radius 1 is 0.542 bits per heavy atom. The third-order valence-electron chi connectivity index (χ3n) is 10.2. The molecule has 1 aliphatic carbocycles. The van der Waals surface area contributed by atoms with E-state index in [1.54, 1.807) is 0 Å². The zero-order chi connectivity index (χ0) is 32.0. The molecule has 0 saturated heterocycles. The van der Waals surface area contributed by atoms with Crippen LogP contribution in [0.2, 0.25) is 0 Å². The molecule has 0 unspecified atom stereocenters. The van der Waals surface area contributed by atoms with Crippen molar-refractivity contribution in [1.82, 2.24) is 19.5 Å². The number of rotatable bonds is 3. The quantitative estimate of drug-likeness (QED) is 0.199. The molecule has 0 bridgehead atoms. The van der Waals surface area contributed by atoms with Gasteiger partial charge in [-0.2, -0.15) is 0 Å². The molecule has 10 rings (SSSR count). The fourth-order valence-corrected chi connectivity index (χ4v) is 8.10. The zero-order valence-electron chi connectivity index (χ0n) is 26.6. The number of benzene rings is 6. The maximum Gasteiger partial charge on any atom is 0.237 e. The second-order valence-electron chi connectivity index (χ2n) is 13.2. The summed E-state index contributed by atoms with van der Waals surface area (Å²) in [4.78, 5) is 15.7. The molecule has 0 saturated carbocycles. The standard InChI is InChI=1S/C44H30N4/c1-44(2)35-20-10-8-17-32(35)37-30-15-6-7-16-31(30)38-34-19-12-26-45-42(34)48(41(38)39(37)44)43-46-36-21-11-9-18-33(36)40(47-43)29-24-22-28(23-25-29)27-13-4-3-5-14-27/h3-26H,1-2H3. The first-order valence-electron chi connectivity index (χ1n) is 16.5. The molecule has 0 spiro atoms. The first-order valence-corrected chi connectivity index (χ1v) is 16.5. The van der Waals surface area contributed by atoms with Gasteiger partial charge in [0.15, 0.2) is 0 Å². The highest BCUT2D eigenvalue weighted by Gasteiger charge is 2.40. The summed E-state index contributed by atoms with van der Waals surface area (Å²) >= 11 is 0. The van der Waals surface area contributed by atoms with Gasteiger partial charge in [-0.25, -0.2) is 15.0 Å². The predicted octanol–water partition coefficient (Wildman–Crippen LogP) is 10.9. The van der Waals surface area contributed by atoms with Gasteiger partial charge in [-0.05, 0) is 62.4 Å². The van der Waals surface area contributed by atoms with E-state index >= 15 is 0 Å². The van der Waals surface area contributed by atoms with Crippen molar-refractivity contribution in [2.24, 2.45) is 0 Å². The number of aromatic nitrogens is 4. The average molecular weight is 615 g/mol. The summed E-state index contributed by atoms with van der Waals surface area (Å²) in [5.41, 5.74) is 12.2. The van der Waals surface area contributed by atoms with Crippen LogP contribution in [0.5, 0.6) is 0 Å². The van der Waals surface area contributed by atoms with Gasteiger partial charge in [-0.1, -0.05) is 135 Å². The van der Waals surface area contributed by atoms with E-state index in [0.717, 1.165) is 38.7 Å². The lowest BCUT2D eigenvalue weighted by Gasteiger charge is -2.24. The van der Waals surface area contributed by atoms with Crippen LogP contribution in [-0.4, -0.2) is 19.5 Å². The average Bonchev–Trinajstić information content (AvgIpc) is 3.61. The smallest absolute Gasteiger partial charge is 0.237 e. The fraction of sp³-hybridized carbons (Fsp3) is 0.0682. The van der Waals surface area contributed by atoms with E-state index < -0.39 is 0 Å². The molecule has 0 aliphatic heterocycles. The highest BCUT2D eigenvalue weighted by molar-refractivity contribution is 6.26. The lowest BCUT2D eigenvalue weighted by Crippen LogP contribution is -2.17. The third-order valence-corrected chi connectivity index (χ3v) is 10.2. The molecule has 0 atom stereocenters. The summed E-state index contributed by atoms with van der Waals surface area (Å²) in [5.74, 6) is 0.624. The summed E-state index contributed by atoms with van der Waals surface area (Å²) in [5, 5.41) is 5.79. The molecule has 4 nitrogen and oxygen atoms in total. The number of hydrogen-bond acceptors (Lipinski definition) is 3. The highest BCUT2D eigenvalue weighted by Crippen LogP contribution is 2.56. The van der Waals surface area contributed by atoms with E-state index in [0.29, 0.717) is 5.95 Å². The summed E-state index contributed by atoms with van der Waals surface area (Å²) in [6.07, 6.45) is 1.88. The fourth-order valence-electron chi connectivity index (χ4n) is 8.10. The zero-order valence-corrected chi connectivity index (χ0v) is 26.6. The van der Waals surface area contributed by atoms with Gasteiger partial charge >= 0.3 is 0 Å². The lowest BCUT2D eigenvalue weighted by molar-refractivity contribution is 0.663. The van der Waals surface area contributed by atoms with Crippen LogP contribution in [0.25, 0.3) is 83.1 Å². The van der Waals surface area contributed by atoms with E-state index in [9.17, 15) is 0 Å². The molecule has 1 aliphatic rings. The van der Waals surface area contributed by atoms with Crippen molar-refractivity contribution in [1.29, 1.82) is 0 Å². The van der Waals surface area contributed by atoms with Gasteiger partial charge in [0, 0.05) is 33.3 Å². The van der Waals surface area contributed by atoms with Crippen LogP contribution >= 0.6 is 0 Å². The van der Waals surface area contributed by atoms with Gasteiger partial charge in [0.05, 0.1) is 16.7 Å².